The smallest absolute Gasteiger partial charge is 0.119 e. The number of aliphatic hydroxyl groups excluding tert-OH is 1. The molecule has 0 fully saturated rings. The number of hydrogen-bond acceptors (Lipinski definition) is 3. The van der Waals surface area contributed by atoms with Gasteiger partial charge in [0.1, 0.15) is 18.5 Å². The number of hydrogen-bond donors (Lipinski definition) is 2. The van der Waals surface area contributed by atoms with Crippen LogP contribution >= 0.6 is 15.9 Å². The molecule has 0 bridgehead atoms. The molecule has 0 heterocycles. The van der Waals surface area contributed by atoms with Gasteiger partial charge in [-0.05, 0) is 45.0 Å². The number of rotatable bonds is 5. The van der Waals surface area contributed by atoms with Crippen molar-refractivity contribution in [2.24, 2.45) is 0 Å². The van der Waals surface area contributed by atoms with E-state index in [0.717, 1.165) is 10.2 Å². The lowest BCUT2D eigenvalue weighted by molar-refractivity contribution is 0.100. The van der Waals surface area contributed by atoms with Gasteiger partial charge < -0.3 is 15.2 Å². The van der Waals surface area contributed by atoms with Gasteiger partial charge in [-0.1, -0.05) is 15.9 Å². The molecule has 1 aromatic rings. The molecule has 4 heteroatoms. The topological polar surface area (TPSA) is 41.5 Å². The second-order valence-electron chi connectivity index (χ2n) is 5.05. The first-order valence-electron chi connectivity index (χ1n) is 5.68. The van der Waals surface area contributed by atoms with Crippen LogP contribution in [0.15, 0.2) is 28.7 Å². The average molecular weight is 302 g/mol. The quantitative estimate of drug-likeness (QED) is 0.878. The van der Waals surface area contributed by atoms with E-state index in [9.17, 15) is 5.11 Å². The molecule has 0 spiro atoms. The van der Waals surface area contributed by atoms with Crippen LogP contribution in [0.25, 0.3) is 0 Å². The number of β-amino-alcohol motifs (C(OH)–C–C–N with tert-alkyl or cyclic N) is 1. The SMILES string of the molecule is CC(C)(C)NC[C@@H](O)COc1ccc(Br)cc1. The average Bonchev–Trinajstić information content (AvgIpc) is 2.25. The first kappa shape index (κ1) is 14.5. The molecule has 1 rings (SSSR count). The highest BCUT2D eigenvalue weighted by atomic mass is 79.9. The minimum Gasteiger partial charge on any atom is -0.491 e. The first-order valence-corrected chi connectivity index (χ1v) is 6.47. The zero-order valence-corrected chi connectivity index (χ0v) is 12.1. The van der Waals surface area contributed by atoms with Crippen molar-refractivity contribution in [3.63, 3.8) is 0 Å². The summed E-state index contributed by atoms with van der Waals surface area (Å²) in [7, 11) is 0. The van der Waals surface area contributed by atoms with Crippen LogP contribution in [-0.4, -0.2) is 29.9 Å². The molecule has 96 valence electrons. The molecule has 0 unspecified atom stereocenters. The summed E-state index contributed by atoms with van der Waals surface area (Å²) in [4.78, 5) is 0. The maximum atomic E-state index is 9.73. The van der Waals surface area contributed by atoms with Crippen molar-refractivity contribution in [1.82, 2.24) is 5.32 Å². The molecule has 1 aromatic carbocycles. The van der Waals surface area contributed by atoms with Crippen LogP contribution in [0.1, 0.15) is 20.8 Å². The van der Waals surface area contributed by atoms with Crippen molar-refractivity contribution < 1.29 is 9.84 Å². The lowest BCUT2D eigenvalue weighted by Crippen LogP contribution is -2.42. The number of aliphatic hydroxyl groups is 1. The van der Waals surface area contributed by atoms with Crippen molar-refractivity contribution in [1.29, 1.82) is 0 Å². The molecular weight excluding hydrogens is 282 g/mol. The Hall–Kier alpha value is -0.580. The lowest BCUT2D eigenvalue weighted by atomic mass is 10.1. The summed E-state index contributed by atoms with van der Waals surface area (Å²) < 4.78 is 6.49. The fraction of sp³-hybridized carbons (Fsp3) is 0.538. The van der Waals surface area contributed by atoms with Crippen molar-refractivity contribution in [2.75, 3.05) is 13.2 Å². The standard InChI is InChI=1S/C13H20BrNO2/c1-13(2,3)15-8-11(16)9-17-12-6-4-10(14)5-7-12/h4-7,11,15-16H,8-9H2,1-3H3/t11-/m1/s1. The van der Waals surface area contributed by atoms with E-state index in [2.05, 4.69) is 42.0 Å². The van der Waals surface area contributed by atoms with E-state index >= 15 is 0 Å². The van der Waals surface area contributed by atoms with E-state index in [1.165, 1.54) is 0 Å². The van der Waals surface area contributed by atoms with Crippen LogP contribution in [0.3, 0.4) is 0 Å². The Balaban J connectivity index is 2.28. The third-order valence-electron chi connectivity index (χ3n) is 2.12. The second-order valence-corrected chi connectivity index (χ2v) is 5.97. The van der Waals surface area contributed by atoms with E-state index in [-0.39, 0.29) is 5.54 Å². The number of benzene rings is 1. The Morgan fingerprint density at radius 3 is 2.41 bits per heavy atom. The molecule has 0 aliphatic rings. The van der Waals surface area contributed by atoms with Crippen LogP contribution in [0.5, 0.6) is 5.75 Å². The predicted octanol–water partition coefficient (Wildman–Crippen LogP) is 2.58. The van der Waals surface area contributed by atoms with Crippen LogP contribution in [-0.2, 0) is 0 Å². The Labute approximate surface area is 111 Å². The van der Waals surface area contributed by atoms with Gasteiger partial charge in [0.2, 0.25) is 0 Å². The molecule has 1 atom stereocenters. The van der Waals surface area contributed by atoms with Crippen molar-refractivity contribution in [2.45, 2.75) is 32.4 Å². The van der Waals surface area contributed by atoms with Gasteiger partial charge in [0, 0.05) is 16.6 Å². The number of halogens is 1. The van der Waals surface area contributed by atoms with Gasteiger partial charge in [0.15, 0.2) is 0 Å². The van der Waals surface area contributed by atoms with Crippen molar-refractivity contribution in [3.05, 3.63) is 28.7 Å². The number of ether oxygens (including phenoxy) is 1. The Morgan fingerprint density at radius 2 is 1.88 bits per heavy atom. The van der Waals surface area contributed by atoms with Crippen LogP contribution < -0.4 is 10.1 Å². The van der Waals surface area contributed by atoms with E-state index in [0.29, 0.717) is 13.2 Å². The van der Waals surface area contributed by atoms with Crippen molar-refractivity contribution >= 4 is 15.9 Å². The van der Waals surface area contributed by atoms with Gasteiger partial charge in [-0.3, -0.25) is 0 Å². The Morgan fingerprint density at radius 1 is 1.29 bits per heavy atom. The Bertz CT molecular complexity index is 332. The van der Waals surface area contributed by atoms with E-state index in [1.54, 1.807) is 0 Å². The highest BCUT2D eigenvalue weighted by Crippen LogP contribution is 2.16. The normalized spacial score (nSPS) is 13.5. The predicted molar refractivity (Wildman–Crippen MR) is 73.4 cm³/mol. The number of nitrogens with one attached hydrogen (secondary N) is 1. The monoisotopic (exact) mass is 301 g/mol. The largest absolute Gasteiger partial charge is 0.491 e. The molecule has 0 saturated carbocycles. The highest BCUT2D eigenvalue weighted by Gasteiger charge is 2.12. The first-order chi connectivity index (χ1) is 7.87. The van der Waals surface area contributed by atoms with Gasteiger partial charge in [-0.2, -0.15) is 0 Å². The lowest BCUT2D eigenvalue weighted by Gasteiger charge is -2.22. The minimum atomic E-state index is -0.502. The summed E-state index contributed by atoms with van der Waals surface area (Å²) in [5.41, 5.74) is 0.0125. The molecule has 0 saturated heterocycles. The molecule has 17 heavy (non-hydrogen) atoms. The third-order valence-corrected chi connectivity index (χ3v) is 2.65. The third kappa shape index (κ3) is 6.66. The molecular formula is C13H20BrNO2. The fourth-order valence-corrected chi connectivity index (χ4v) is 1.47. The molecule has 2 N–H and O–H groups in total. The molecule has 0 aromatic heterocycles. The van der Waals surface area contributed by atoms with Gasteiger partial charge in [0.25, 0.3) is 0 Å². The maximum Gasteiger partial charge on any atom is 0.119 e. The molecule has 0 aliphatic carbocycles. The van der Waals surface area contributed by atoms with E-state index in [4.69, 9.17) is 4.74 Å². The summed E-state index contributed by atoms with van der Waals surface area (Å²) in [6.07, 6.45) is -0.502. The maximum absolute atomic E-state index is 9.73. The van der Waals surface area contributed by atoms with Crippen LogP contribution in [0, 0.1) is 0 Å². The van der Waals surface area contributed by atoms with Gasteiger partial charge in [-0.25, -0.2) is 0 Å². The summed E-state index contributed by atoms with van der Waals surface area (Å²) >= 11 is 3.36. The van der Waals surface area contributed by atoms with Crippen LogP contribution in [0.4, 0.5) is 0 Å². The summed E-state index contributed by atoms with van der Waals surface area (Å²) in [5, 5.41) is 13.0. The zero-order chi connectivity index (χ0) is 12.9. The molecule has 0 aliphatic heterocycles. The second kappa shape index (κ2) is 6.38. The summed E-state index contributed by atoms with van der Waals surface area (Å²) in [6, 6.07) is 7.56. The minimum absolute atomic E-state index is 0.0125. The fourth-order valence-electron chi connectivity index (χ4n) is 1.21. The van der Waals surface area contributed by atoms with Gasteiger partial charge in [0.05, 0.1) is 0 Å². The molecule has 3 nitrogen and oxygen atoms in total. The summed E-state index contributed by atoms with van der Waals surface area (Å²) in [6.45, 7) is 7.02. The van der Waals surface area contributed by atoms with Gasteiger partial charge in [-0.15, -0.1) is 0 Å². The van der Waals surface area contributed by atoms with Crippen molar-refractivity contribution in [3.8, 4) is 5.75 Å². The zero-order valence-electron chi connectivity index (χ0n) is 10.5. The Kier molecular flexibility index (Phi) is 5.43. The van der Waals surface area contributed by atoms with Crippen LogP contribution in [0.2, 0.25) is 0 Å². The van der Waals surface area contributed by atoms with E-state index < -0.39 is 6.10 Å². The highest BCUT2D eigenvalue weighted by molar-refractivity contribution is 9.10. The summed E-state index contributed by atoms with van der Waals surface area (Å²) in [5.74, 6) is 0.767. The van der Waals surface area contributed by atoms with E-state index in [1.807, 2.05) is 24.3 Å². The van der Waals surface area contributed by atoms with Gasteiger partial charge >= 0.3 is 0 Å². The molecule has 0 radical (unpaired) electrons. The molecule has 0 amide bonds.